The molecule has 0 bridgehead atoms. The van der Waals surface area contributed by atoms with Gasteiger partial charge in [-0.25, -0.2) is 9.59 Å². The first-order valence-corrected chi connectivity index (χ1v) is 8.88. The molecule has 2 amide bonds. The number of carbonyl (C=O) groups is 2. The molecule has 0 saturated carbocycles. The first-order chi connectivity index (χ1) is 12.6. The zero-order chi connectivity index (χ0) is 18.5. The number of rotatable bonds is 6. The highest BCUT2D eigenvalue weighted by Gasteiger charge is 2.33. The van der Waals surface area contributed by atoms with Crippen LogP contribution in [0, 0.1) is 0 Å². The number of allylic oxidation sites excluding steroid dienone is 1. The summed E-state index contributed by atoms with van der Waals surface area (Å²) in [6.07, 6.45) is 1.82. The maximum Gasteiger partial charge on any atom is 0.338 e. The van der Waals surface area contributed by atoms with E-state index < -0.39 is 12.0 Å². The van der Waals surface area contributed by atoms with Crippen LogP contribution in [0.1, 0.15) is 38.3 Å². The Kier molecular flexibility index (Phi) is 5.78. The van der Waals surface area contributed by atoms with Gasteiger partial charge in [-0.05, 0) is 44.4 Å². The summed E-state index contributed by atoms with van der Waals surface area (Å²) in [4.78, 5) is 24.7. The number of hydrogen-bond donors (Lipinski definition) is 2. The second-order valence-electron chi connectivity index (χ2n) is 6.31. The van der Waals surface area contributed by atoms with Gasteiger partial charge in [0.15, 0.2) is 0 Å². The molecule has 140 valence electrons. The summed E-state index contributed by atoms with van der Waals surface area (Å²) >= 11 is 0. The Morgan fingerprint density at radius 3 is 2.96 bits per heavy atom. The van der Waals surface area contributed by atoms with Crippen LogP contribution in [-0.2, 0) is 14.3 Å². The third-order valence-corrected chi connectivity index (χ3v) is 4.42. The largest absolute Gasteiger partial charge is 0.494 e. The van der Waals surface area contributed by atoms with Crippen LogP contribution in [-0.4, -0.2) is 37.9 Å². The molecule has 1 fully saturated rings. The lowest BCUT2D eigenvalue weighted by Crippen LogP contribution is -2.45. The number of hydrogen-bond acceptors (Lipinski definition) is 5. The minimum atomic E-state index is -0.596. The molecule has 2 aliphatic heterocycles. The highest BCUT2D eigenvalue weighted by molar-refractivity contribution is 5.95. The third-order valence-electron chi connectivity index (χ3n) is 4.42. The molecule has 0 unspecified atom stereocenters. The Hall–Kier alpha value is -2.54. The van der Waals surface area contributed by atoms with E-state index in [0.717, 1.165) is 18.4 Å². The van der Waals surface area contributed by atoms with Crippen LogP contribution in [0.5, 0.6) is 5.75 Å². The Balaban J connectivity index is 1.81. The number of benzene rings is 1. The lowest BCUT2D eigenvalue weighted by atomic mass is 9.95. The predicted molar refractivity (Wildman–Crippen MR) is 94.7 cm³/mol. The molecule has 0 aromatic heterocycles. The number of amides is 2. The van der Waals surface area contributed by atoms with Crippen LogP contribution in [0.3, 0.4) is 0 Å². The van der Waals surface area contributed by atoms with Crippen molar-refractivity contribution in [2.75, 3.05) is 19.8 Å². The van der Waals surface area contributed by atoms with E-state index in [2.05, 4.69) is 10.6 Å². The lowest BCUT2D eigenvalue weighted by molar-refractivity contribution is -0.142. The van der Waals surface area contributed by atoms with Crippen molar-refractivity contribution >= 4 is 12.0 Å². The smallest absolute Gasteiger partial charge is 0.338 e. The van der Waals surface area contributed by atoms with Gasteiger partial charge in [0.2, 0.25) is 0 Å². The molecule has 0 aliphatic carbocycles. The van der Waals surface area contributed by atoms with Crippen molar-refractivity contribution < 1.29 is 23.8 Å². The highest BCUT2D eigenvalue weighted by Crippen LogP contribution is 2.30. The zero-order valence-corrected chi connectivity index (χ0v) is 15.0. The third kappa shape index (κ3) is 4.16. The van der Waals surface area contributed by atoms with Gasteiger partial charge in [-0.15, -0.1) is 0 Å². The van der Waals surface area contributed by atoms with Crippen molar-refractivity contribution in [3.8, 4) is 5.75 Å². The fourth-order valence-corrected chi connectivity index (χ4v) is 3.19. The molecule has 1 aromatic rings. The summed E-state index contributed by atoms with van der Waals surface area (Å²) in [5.74, 6) is 0.222. The summed E-state index contributed by atoms with van der Waals surface area (Å²) in [5, 5.41) is 5.44. The predicted octanol–water partition coefficient (Wildman–Crippen LogP) is 2.44. The topological polar surface area (TPSA) is 85.9 Å². The average Bonchev–Trinajstić information content (AvgIpc) is 3.13. The van der Waals surface area contributed by atoms with E-state index >= 15 is 0 Å². The minimum Gasteiger partial charge on any atom is -0.494 e. The molecule has 2 atom stereocenters. The number of esters is 1. The first-order valence-electron chi connectivity index (χ1n) is 8.88. The molecule has 1 saturated heterocycles. The van der Waals surface area contributed by atoms with Gasteiger partial charge in [0.05, 0.1) is 24.3 Å². The van der Waals surface area contributed by atoms with E-state index in [0.29, 0.717) is 30.2 Å². The molecule has 1 aromatic carbocycles. The molecule has 2 N–H and O–H groups in total. The van der Waals surface area contributed by atoms with Crippen molar-refractivity contribution in [2.45, 2.75) is 38.8 Å². The maximum atomic E-state index is 12.7. The molecule has 26 heavy (non-hydrogen) atoms. The van der Waals surface area contributed by atoms with Gasteiger partial charge in [0.1, 0.15) is 12.4 Å². The summed E-state index contributed by atoms with van der Waals surface area (Å²) < 4.78 is 16.5. The maximum absolute atomic E-state index is 12.7. The number of ether oxygens (including phenoxy) is 3. The SMILES string of the molecule is CCOc1cccc([C@H]2NC(=O)NC(C)=C2C(=O)OC[C@@H]2CCCO2)c1. The Labute approximate surface area is 152 Å². The molecule has 2 heterocycles. The van der Waals surface area contributed by atoms with Crippen molar-refractivity contribution in [3.05, 3.63) is 41.1 Å². The van der Waals surface area contributed by atoms with E-state index in [9.17, 15) is 9.59 Å². The second-order valence-corrected chi connectivity index (χ2v) is 6.31. The highest BCUT2D eigenvalue weighted by atomic mass is 16.6. The van der Waals surface area contributed by atoms with Crippen LogP contribution in [0.4, 0.5) is 4.79 Å². The number of urea groups is 1. The normalized spacial score (nSPS) is 22.6. The number of carbonyl (C=O) groups excluding carboxylic acids is 2. The summed E-state index contributed by atoms with van der Waals surface area (Å²) in [7, 11) is 0. The molecular weight excluding hydrogens is 336 g/mol. The van der Waals surface area contributed by atoms with Gasteiger partial charge in [0.25, 0.3) is 0 Å². The molecule has 0 radical (unpaired) electrons. The Morgan fingerprint density at radius 1 is 1.38 bits per heavy atom. The van der Waals surface area contributed by atoms with Gasteiger partial charge in [-0.3, -0.25) is 0 Å². The van der Waals surface area contributed by atoms with Crippen LogP contribution < -0.4 is 15.4 Å². The quantitative estimate of drug-likeness (QED) is 0.761. The summed E-state index contributed by atoms with van der Waals surface area (Å²) in [6.45, 7) is 5.05. The fraction of sp³-hybridized carbons (Fsp3) is 0.474. The molecular formula is C19H24N2O5. The van der Waals surface area contributed by atoms with Crippen LogP contribution in [0.15, 0.2) is 35.5 Å². The van der Waals surface area contributed by atoms with E-state index in [1.807, 2.05) is 31.2 Å². The van der Waals surface area contributed by atoms with E-state index in [1.54, 1.807) is 6.92 Å². The van der Waals surface area contributed by atoms with Gasteiger partial charge < -0.3 is 24.8 Å². The molecule has 0 spiro atoms. The summed E-state index contributed by atoms with van der Waals surface area (Å²) in [5.41, 5.74) is 1.63. The van der Waals surface area contributed by atoms with E-state index in [4.69, 9.17) is 14.2 Å². The monoisotopic (exact) mass is 360 g/mol. The lowest BCUT2D eigenvalue weighted by Gasteiger charge is -2.28. The van der Waals surface area contributed by atoms with Gasteiger partial charge in [-0.2, -0.15) is 0 Å². The standard InChI is InChI=1S/C19H24N2O5/c1-3-24-14-7-4-6-13(10-14)17-16(12(2)20-19(23)21-17)18(22)26-11-15-8-5-9-25-15/h4,6-7,10,15,17H,3,5,8-9,11H2,1-2H3,(H2,20,21,23)/t15-,17+/m0/s1. The molecule has 7 heteroatoms. The van der Waals surface area contributed by atoms with E-state index in [-0.39, 0.29) is 18.7 Å². The van der Waals surface area contributed by atoms with Crippen LogP contribution >= 0.6 is 0 Å². The Bertz CT molecular complexity index is 710. The fourth-order valence-electron chi connectivity index (χ4n) is 3.19. The van der Waals surface area contributed by atoms with Crippen molar-refractivity contribution in [1.29, 1.82) is 0 Å². The van der Waals surface area contributed by atoms with Gasteiger partial charge in [-0.1, -0.05) is 12.1 Å². The van der Waals surface area contributed by atoms with Gasteiger partial charge in [0, 0.05) is 12.3 Å². The molecule has 7 nitrogen and oxygen atoms in total. The minimum absolute atomic E-state index is 0.0503. The molecule has 3 rings (SSSR count). The zero-order valence-electron chi connectivity index (χ0n) is 15.0. The first kappa shape index (κ1) is 18.3. The Morgan fingerprint density at radius 2 is 2.23 bits per heavy atom. The molecule has 2 aliphatic rings. The number of nitrogens with one attached hydrogen (secondary N) is 2. The average molecular weight is 360 g/mol. The second kappa shape index (κ2) is 8.23. The van der Waals surface area contributed by atoms with Crippen LogP contribution in [0.2, 0.25) is 0 Å². The van der Waals surface area contributed by atoms with E-state index in [1.165, 1.54) is 0 Å². The van der Waals surface area contributed by atoms with Crippen molar-refractivity contribution in [3.63, 3.8) is 0 Å². The van der Waals surface area contributed by atoms with Crippen molar-refractivity contribution in [1.82, 2.24) is 10.6 Å². The van der Waals surface area contributed by atoms with Crippen molar-refractivity contribution in [2.24, 2.45) is 0 Å². The van der Waals surface area contributed by atoms with Crippen LogP contribution in [0.25, 0.3) is 0 Å². The summed E-state index contributed by atoms with van der Waals surface area (Å²) in [6, 6.07) is 6.38. The van der Waals surface area contributed by atoms with Gasteiger partial charge >= 0.3 is 12.0 Å².